The van der Waals surface area contributed by atoms with E-state index in [9.17, 15) is 4.79 Å². The molecule has 1 nitrogen and oxygen atoms in total. The number of fused-ring (bicyclic) bond motifs is 2. The monoisotopic (exact) mass is 198 g/mol. The van der Waals surface area contributed by atoms with Gasteiger partial charge in [-0.1, -0.05) is 12.2 Å². The van der Waals surface area contributed by atoms with Crippen molar-refractivity contribution in [2.75, 3.05) is 11.5 Å². The molecule has 0 aromatic carbocycles. The highest BCUT2D eigenvalue weighted by molar-refractivity contribution is 8.22. The summed E-state index contributed by atoms with van der Waals surface area (Å²) in [6.07, 6.45) is 5.45. The van der Waals surface area contributed by atoms with E-state index in [0.29, 0.717) is 17.6 Å². The van der Waals surface area contributed by atoms with Crippen LogP contribution in [0.3, 0.4) is 0 Å². The summed E-state index contributed by atoms with van der Waals surface area (Å²) in [7, 11) is 0. The predicted octanol–water partition coefficient (Wildman–Crippen LogP) is 1.94. The van der Waals surface area contributed by atoms with Crippen molar-refractivity contribution < 1.29 is 4.79 Å². The van der Waals surface area contributed by atoms with Crippen LogP contribution in [0.4, 0.5) is 0 Å². The molecule has 2 fully saturated rings. The Labute approximate surface area is 80.4 Å². The Kier molecular flexibility index (Phi) is 1.45. The van der Waals surface area contributed by atoms with Crippen LogP contribution < -0.4 is 0 Å². The van der Waals surface area contributed by atoms with E-state index in [-0.39, 0.29) is 4.08 Å². The van der Waals surface area contributed by atoms with E-state index in [1.165, 1.54) is 0 Å². The molecule has 0 aromatic rings. The van der Waals surface area contributed by atoms with Crippen LogP contribution in [0.2, 0.25) is 0 Å². The van der Waals surface area contributed by atoms with Crippen molar-refractivity contribution in [3.8, 4) is 0 Å². The van der Waals surface area contributed by atoms with E-state index in [2.05, 4.69) is 12.2 Å². The number of thioether (sulfide) groups is 2. The Bertz CT molecular complexity index is 266. The summed E-state index contributed by atoms with van der Waals surface area (Å²) in [6, 6.07) is 0. The molecule has 0 amide bonds. The predicted molar refractivity (Wildman–Crippen MR) is 53.4 cm³/mol. The van der Waals surface area contributed by atoms with E-state index < -0.39 is 0 Å². The van der Waals surface area contributed by atoms with Crippen molar-refractivity contribution in [2.24, 2.45) is 11.8 Å². The van der Waals surface area contributed by atoms with Gasteiger partial charge in [-0.25, -0.2) is 0 Å². The molecule has 64 valence electrons. The quantitative estimate of drug-likeness (QED) is 0.554. The van der Waals surface area contributed by atoms with Crippen LogP contribution in [-0.4, -0.2) is 21.4 Å². The highest BCUT2D eigenvalue weighted by Crippen LogP contribution is 2.63. The van der Waals surface area contributed by atoms with Gasteiger partial charge in [0.1, 0.15) is 4.08 Å². The molecule has 0 radical (unpaired) electrons. The third-order valence-electron chi connectivity index (χ3n) is 3.00. The van der Waals surface area contributed by atoms with E-state index >= 15 is 0 Å². The van der Waals surface area contributed by atoms with Gasteiger partial charge in [0.15, 0.2) is 5.78 Å². The molecule has 1 heterocycles. The van der Waals surface area contributed by atoms with E-state index in [4.69, 9.17) is 0 Å². The third-order valence-corrected chi connectivity index (χ3v) is 6.59. The van der Waals surface area contributed by atoms with Gasteiger partial charge in [0.25, 0.3) is 0 Å². The maximum atomic E-state index is 11.8. The fraction of sp³-hybridized carbons (Fsp3) is 0.667. The number of carbonyl (C=O) groups is 1. The lowest BCUT2D eigenvalue weighted by Crippen LogP contribution is -2.55. The number of Topliss-reactive ketones (excluding diaryl/α,β-unsaturated/α-hetero) is 1. The number of ketones is 1. The maximum Gasteiger partial charge on any atom is 0.163 e. The molecule has 0 aromatic heterocycles. The first-order chi connectivity index (χ1) is 5.84. The zero-order chi connectivity index (χ0) is 8.18. The Morgan fingerprint density at radius 3 is 2.92 bits per heavy atom. The van der Waals surface area contributed by atoms with Crippen molar-refractivity contribution in [1.82, 2.24) is 0 Å². The van der Waals surface area contributed by atoms with Crippen molar-refractivity contribution in [2.45, 2.75) is 10.5 Å². The minimum atomic E-state index is -0.0162. The summed E-state index contributed by atoms with van der Waals surface area (Å²) in [5.74, 6) is 3.77. The molecule has 0 unspecified atom stereocenters. The minimum Gasteiger partial charge on any atom is -0.297 e. The Morgan fingerprint density at radius 2 is 2.17 bits per heavy atom. The van der Waals surface area contributed by atoms with Gasteiger partial charge >= 0.3 is 0 Å². The van der Waals surface area contributed by atoms with Crippen molar-refractivity contribution >= 4 is 29.3 Å². The first-order valence-corrected chi connectivity index (χ1v) is 6.30. The van der Waals surface area contributed by atoms with Gasteiger partial charge in [-0.2, -0.15) is 0 Å². The zero-order valence-corrected chi connectivity index (χ0v) is 8.29. The topological polar surface area (TPSA) is 17.1 Å². The second-order valence-electron chi connectivity index (χ2n) is 3.52. The SMILES string of the molecule is O=C1[C@@H]2CC=C[C@@H]2C12SCCS2. The van der Waals surface area contributed by atoms with Crippen LogP contribution in [-0.2, 0) is 4.79 Å². The highest BCUT2D eigenvalue weighted by atomic mass is 32.2. The highest BCUT2D eigenvalue weighted by Gasteiger charge is 2.63. The van der Waals surface area contributed by atoms with Gasteiger partial charge in [-0.05, 0) is 6.42 Å². The smallest absolute Gasteiger partial charge is 0.163 e. The molecule has 2 atom stereocenters. The van der Waals surface area contributed by atoms with Gasteiger partial charge in [-0.15, -0.1) is 23.5 Å². The van der Waals surface area contributed by atoms with Crippen molar-refractivity contribution in [1.29, 1.82) is 0 Å². The first-order valence-electron chi connectivity index (χ1n) is 4.33. The molecule has 0 bridgehead atoms. The fourth-order valence-corrected chi connectivity index (χ4v) is 5.97. The molecule has 1 saturated carbocycles. The average molecular weight is 198 g/mol. The molecular formula is C9H10OS2. The molecule has 1 spiro atoms. The molecule has 3 rings (SSSR count). The van der Waals surface area contributed by atoms with Crippen LogP contribution in [0.5, 0.6) is 0 Å². The van der Waals surface area contributed by atoms with Gasteiger partial charge in [0.05, 0.1) is 0 Å². The zero-order valence-electron chi connectivity index (χ0n) is 6.66. The number of hydrogen-bond donors (Lipinski definition) is 0. The van der Waals surface area contributed by atoms with Crippen molar-refractivity contribution in [3.05, 3.63) is 12.2 Å². The molecule has 3 aliphatic rings. The lowest BCUT2D eigenvalue weighted by atomic mass is 9.73. The molecular weight excluding hydrogens is 188 g/mol. The lowest BCUT2D eigenvalue weighted by Gasteiger charge is -2.46. The Balaban J connectivity index is 1.96. The Hall–Kier alpha value is 0.110. The standard InChI is InChI=1S/C9H10OS2/c10-8-6-2-1-3-7(6)9(8)11-4-5-12-9/h1,3,6-7H,2,4-5H2/t6-,7+/m1/s1. The summed E-state index contributed by atoms with van der Waals surface area (Å²) in [5, 5.41) is 0. The molecule has 1 saturated heterocycles. The Morgan fingerprint density at radius 1 is 1.42 bits per heavy atom. The third kappa shape index (κ3) is 0.681. The minimum absolute atomic E-state index is 0.0162. The number of allylic oxidation sites excluding steroid dienone is 2. The molecule has 3 heteroatoms. The molecule has 1 aliphatic heterocycles. The number of hydrogen-bond acceptors (Lipinski definition) is 3. The van der Waals surface area contributed by atoms with Crippen LogP contribution in [0, 0.1) is 11.8 Å². The summed E-state index contributed by atoms with van der Waals surface area (Å²) in [5.41, 5.74) is 0. The summed E-state index contributed by atoms with van der Waals surface area (Å²) in [4.78, 5) is 11.8. The summed E-state index contributed by atoms with van der Waals surface area (Å²) in [6.45, 7) is 0. The number of rotatable bonds is 0. The average Bonchev–Trinajstić information content (AvgIpc) is 2.72. The van der Waals surface area contributed by atoms with Crippen LogP contribution >= 0.6 is 23.5 Å². The van der Waals surface area contributed by atoms with E-state index in [0.717, 1.165) is 17.9 Å². The second kappa shape index (κ2) is 2.32. The lowest BCUT2D eigenvalue weighted by molar-refractivity contribution is -0.131. The van der Waals surface area contributed by atoms with Crippen LogP contribution in [0.15, 0.2) is 12.2 Å². The van der Waals surface area contributed by atoms with Crippen LogP contribution in [0.25, 0.3) is 0 Å². The van der Waals surface area contributed by atoms with Gasteiger partial charge in [-0.3, -0.25) is 4.79 Å². The van der Waals surface area contributed by atoms with Gasteiger partial charge < -0.3 is 0 Å². The van der Waals surface area contributed by atoms with Gasteiger partial charge in [0, 0.05) is 23.3 Å². The maximum absolute atomic E-state index is 11.8. The summed E-state index contributed by atoms with van der Waals surface area (Å²) >= 11 is 3.76. The largest absolute Gasteiger partial charge is 0.297 e. The molecule has 12 heavy (non-hydrogen) atoms. The normalized spacial score (nSPS) is 41.8. The molecule has 2 aliphatic carbocycles. The van der Waals surface area contributed by atoms with Gasteiger partial charge in [0.2, 0.25) is 0 Å². The van der Waals surface area contributed by atoms with E-state index in [1.807, 2.05) is 23.5 Å². The van der Waals surface area contributed by atoms with Crippen LogP contribution in [0.1, 0.15) is 6.42 Å². The van der Waals surface area contributed by atoms with Crippen molar-refractivity contribution in [3.63, 3.8) is 0 Å². The fourth-order valence-electron chi connectivity index (χ4n) is 2.40. The number of carbonyl (C=O) groups excluding carboxylic acids is 1. The van der Waals surface area contributed by atoms with E-state index in [1.54, 1.807) is 0 Å². The summed E-state index contributed by atoms with van der Waals surface area (Å²) < 4.78 is -0.0162. The molecule has 0 N–H and O–H groups in total. The second-order valence-corrected chi connectivity index (χ2v) is 6.46. The first kappa shape index (κ1) is 7.51.